The molecule has 2 N–H and O–H groups in total. The smallest absolute Gasteiger partial charge is 0.253 e. The van der Waals surface area contributed by atoms with Gasteiger partial charge in [-0.3, -0.25) is 4.79 Å². The third kappa shape index (κ3) is 4.19. The molecule has 1 aliphatic heterocycles. The fraction of sp³-hybridized carbons (Fsp3) is 0.381. The predicted molar refractivity (Wildman–Crippen MR) is 108 cm³/mol. The molecule has 1 amide bonds. The Morgan fingerprint density at radius 2 is 1.96 bits per heavy atom. The molecule has 0 aliphatic carbocycles. The highest BCUT2D eigenvalue weighted by Crippen LogP contribution is 2.30. The summed E-state index contributed by atoms with van der Waals surface area (Å²) in [6.45, 7) is 5.53. The van der Waals surface area contributed by atoms with Crippen molar-refractivity contribution in [2.75, 3.05) is 20.2 Å². The van der Waals surface area contributed by atoms with E-state index in [1.165, 1.54) is 0 Å². The molecule has 1 atom stereocenters. The minimum absolute atomic E-state index is 0. The van der Waals surface area contributed by atoms with Gasteiger partial charge in [-0.15, -0.1) is 12.4 Å². The highest BCUT2D eigenvalue weighted by molar-refractivity contribution is 5.95. The molecule has 1 aliphatic rings. The first-order valence-electron chi connectivity index (χ1n) is 8.80. The number of carbonyl (C=O) groups is 1. The van der Waals surface area contributed by atoms with Crippen LogP contribution < -0.4 is 10.5 Å². The standard InChI is InChI=1S/C21H26N2O2.ClH/c1-14-11-20(25-3)15(2)10-19(14)16-6-4-7-17(12-16)21(24)23-9-5-8-18(22)13-23;/h4,6-7,10-12,18H,5,8-9,13,22H2,1-3H3;1H. The van der Waals surface area contributed by atoms with E-state index in [1.807, 2.05) is 42.2 Å². The van der Waals surface area contributed by atoms with Gasteiger partial charge in [0.05, 0.1) is 7.11 Å². The molecule has 3 rings (SSSR count). The molecule has 140 valence electrons. The van der Waals surface area contributed by atoms with E-state index < -0.39 is 0 Å². The third-order valence-electron chi connectivity index (χ3n) is 4.91. The third-order valence-corrected chi connectivity index (χ3v) is 4.91. The van der Waals surface area contributed by atoms with Gasteiger partial charge in [-0.2, -0.15) is 0 Å². The highest BCUT2D eigenvalue weighted by atomic mass is 35.5. The Hall–Kier alpha value is -2.04. The van der Waals surface area contributed by atoms with Crippen molar-refractivity contribution in [3.05, 3.63) is 53.1 Å². The van der Waals surface area contributed by atoms with Crippen LogP contribution in [0.1, 0.15) is 34.3 Å². The minimum atomic E-state index is 0. The Balaban J connectivity index is 0.00000243. The van der Waals surface area contributed by atoms with Crippen molar-refractivity contribution < 1.29 is 9.53 Å². The van der Waals surface area contributed by atoms with Gasteiger partial charge in [-0.1, -0.05) is 12.1 Å². The summed E-state index contributed by atoms with van der Waals surface area (Å²) in [6, 6.07) is 12.1. The number of halogens is 1. The van der Waals surface area contributed by atoms with Crippen LogP contribution >= 0.6 is 12.4 Å². The fourth-order valence-corrected chi connectivity index (χ4v) is 3.52. The second-order valence-corrected chi connectivity index (χ2v) is 6.87. The number of ether oxygens (including phenoxy) is 1. The number of benzene rings is 2. The Bertz CT molecular complexity index is 792. The van der Waals surface area contributed by atoms with Crippen molar-refractivity contribution >= 4 is 18.3 Å². The van der Waals surface area contributed by atoms with Crippen LogP contribution in [0.25, 0.3) is 11.1 Å². The molecular formula is C21H27ClN2O2. The fourth-order valence-electron chi connectivity index (χ4n) is 3.52. The first-order valence-corrected chi connectivity index (χ1v) is 8.80. The summed E-state index contributed by atoms with van der Waals surface area (Å²) in [5, 5.41) is 0. The van der Waals surface area contributed by atoms with Gasteiger partial charge in [0.15, 0.2) is 0 Å². The molecule has 2 aromatic carbocycles. The Morgan fingerprint density at radius 3 is 2.65 bits per heavy atom. The van der Waals surface area contributed by atoms with Crippen LogP contribution in [-0.2, 0) is 0 Å². The second kappa shape index (κ2) is 8.56. The highest BCUT2D eigenvalue weighted by Gasteiger charge is 2.22. The van der Waals surface area contributed by atoms with Crippen molar-refractivity contribution in [2.24, 2.45) is 5.73 Å². The van der Waals surface area contributed by atoms with E-state index in [0.717, 1.165) is 53.0 Å². The first kappa shape index (κ1) is 20.3. The molecule has 0 spiro atoms. The number of piperidine rings is 1. The number of amides is 1. The van der Waals surface area contributed by atoms with E-state index in [-0.39, 0.29) is 24.4 Å². The number of methoxy groups -OCH3 is 1. The number of nitrogens with zero attached hydrogens (tertiary/aromatic N) is 1. The zero-order chi connectivity index (χ0) is 18.0. The monoisotopic (exact) mass is 374 g/mol. The number of likely N-dealkylation sites (tertiary alicyclic amines) is 1. The molecule has 0 aromatic heterocycles. The van der Waals surface area contributed by atoms with Crippen molar-refractivity contribution in [1.29, 1.82) is 0 Å². The number of carbonyl (C=O) groups excluding carboxylic acids is 1. The molecule has 5 heteroatoms. The maximum atomic E-state index is 12.8. The van der Waals surface area contributed by atoms with Crippen LogP contribution in [0.15, 0.2) is 36.4 Å². The van der Waals surface area contributed by atoms with E-state index in [1.54, 1.807) is 7.11 Å². The van der Waals surface area contributed by atoms with E-state index in [2.05, 4.69) is 13.0 Å². The summed E-state index contributed by atoms with van der Waals surface area (Å²) in [6.07, 6.45) is 1.97. The van der Waals surface area contributed by atoms with Crippen molar-refractivity contribution in [3.8, 4) is 16.9 Å². The molecule has 2 aromatic rings. The lowest BCUT2D eigenvalue weighted by Gasteiger charge is -2.31. The molecule has 1 heterocycles. The Labute approximate surface area is 161 Å². The van der Waals surface area contributed by atoms with Crippen LogP contribution in [0, 0.1) is 13.8 Å². The molecule has 4 nitrogen and oxygen atoms in total. The van der Waals surface area contributed by atoms with Gasteiger partial charge in [0, 0.05) is 24.7 Å². The van der Waals surface area contributed by atoms with Gasteiger partial charge < -0.3 is 15.4 Å². The van der Waals surface area contributed by atoms with Crippen LogP contribution in [0.4, 0.5) is 0 Å². The number of hydrogen-bond acceptors (Lipinski definition) is 3. The van der Waals surface area contributed by atoms with Crippen molar-refractivity contribution in [1.82, 2.24) is 4.90 Å². The lowest BCUT2D eigenvalue weighted by Crippen LogP contribution is -2.45. The number of nitrogens with two attached hydrogens (primary N) is 1. The number of aryl methyl sites for hydroxylation is 2. The Morgan fingerprint density at radius 1 is 1.19 bits per heavy atom. The van der Waals surface area contributed by atoms with Crippen LogP contribution in [0.5, 0.6) is 5.75 Å². The first-order chi connectivity index (χ1) is 12.0. The summed E-state index contributed by atoms with van der Waals surface area (Å²) in [5.74, 6) is 0.954. The quantitative estimate of drug-likeness (QED) is 0.884. The predicted octanol–water partition coefficient (Wildman–Crippen LogP) is 3.96. The minimum Gasteiger partial charge on any atom is -0.496 e. The zero-order valence-electron chi connectivity index (χ0n) is 15.6. The van der Waals surface area contributed by atoms with Gasteiger partial charge >= 0.3 is 0 Å². The van der Waals surface area contributed by atoms with Gasteiger partial charge in [-0.05, 0) is 73.2 Å². The van der Waals surface area contributed by atoms with Crippen LogP contribution in [-0.4, -0.2) is 37.0 Å². The van der Waals surface area contributed by atoms with E-state index in [4.69, 9.17) is 10.5 Å². The van der Waals surface area contributed by atoms with Gasteiger partial charge in [0.1, 0.15) is 5.75 Å². The molecule has 0 radical (unpaired) electrons. The van der Waals surface area contributed by atoms with E-state index >= 15 is 0 Å². The van der Waals surface area contributed by atoms with E-state index in [0.29, 0.717) is 6.54 Å². The topological polar surface area (TPSA) is 55.6 Å². The average molecular weight is 375 g/mol. The number of hydrogen-bond donors (Lipinski definition) is 1. The van der Waals surface area contributed by atoms with Crippen LogP contribution in [0.3, 0.4) is 0 Å². The summed E-state index contributed by atoms with van der Waals surface area (Å²) in [5.41, 5.74) is 11.1. The molecule has 0 bridgehead atoms. The molecule has 26 heavy (non-hydrogen) atoms. The molecule has 1 saturated heterocycles. The molecular weight excluding hydrogens is 348 g/mol. The van der Waals surface area contributed by atoms with E-state index in [9.17, 15) is 4.79 Å². The molecule has 1 fully saturated rings. The maximum Gasteiger partial charge on any atom is 0.253 e. The molecule has 1 unspecified atom stereocenters. The maximum absolute atomic E-state index is 12.8. The SMILES string of the molecule is COc1cc(C)c(-c2cccc(C(=O)N3CCCC(N)C3)c2)cc1C.Cl. The van der Waals surface area contributed by atoms with Crippen molar-refractivity contribution in [2.45, 2.75) is 32.7 Å². The Kier molecular flexibility index (Phi) is 6.68. The normalized spacial score (nSPS) is 16.8. The lowest BCUT2D eigenvalue weighted by atomic mass is 9.96. The van der Waals surface area contributed by atoms with Gasteiger partial charge in [-0.25, -0.2) is 0 Å². The largest absolute Gasteiger partial charge is 0.496 e. The van der Waals surface area contributed by atoms with Crippen molar-refractivity contribution in [3.63, 3.8) is 0 Å². The summed E-state index contributed by atoms with van der Waals surface area (Å²) in [7, 11) is 1.68. The zero-order valence-corrected chi connectivity index (χ0v) is 16.4. The second-order valence-electron chi connectivity index (χ2n) is 6.87. The number of rotatable bonds is 3. The van der Waals surface area contributed by atoms with Gasteiger partial charge in [0.25, 0.3) is 5.91 Å². The van der Waals surface area contributed by atoms with Crippen LogP contribution in [0.2, 0.25) is 0 Å². The molecule has 0 saturated carbocycles. The summed E-state index contributed by atoms with van der Waals surface area (Å²) in [4.78, 5) is 14.7. The van der Waals surface area contributed by atoms with Gasteiger partial charge in [0.2, 0.25) is 0 Å². The lowest BCUT2D eigenvalue weighted by molar-refractivity contribution is 0.0709. The summed E-state index contributed by atoms with van der Waals surface area (Å²) >= 11 is 0. The summed E-state index contributed by atoms with van der Waals surface area (Å²) < 4.78 is 5.40. The average Bonchev–Trinajstić information content (AvgIpc) is 2.62.